The number of para-hydroxylation sites is 1. The van der Waals surface area contributed by atoms with Crippen LogP contribution in [-0.4, -0.2) is 46.6 Å². The second-order valence-corrected chi connectivity index (χ2v) is 8.53. The Hall–Kier alpha value is -3.41. The summed E-state index contributed by atoms with van der Waals surface area (Å²) in [5.74, 6) is 0.826. The van der Waals surface area contributed by atoms with Gasteiger partial charge < -0.3 is 9.64 Å². The van der Waals surface area contributed by atoms with E-state index in [-0.39, 0.29) is 17.6 Å². The van der Waals surface area contributed by atoms with Crippen molar-refractivity contribution in [3.05, 3.63) is 77.1 Å². The van der Waals surface area contributed by atoms with E-state index in [4.69, 9.17) is 9.84 Å². The predicted octanol–water partition coefficient (Wildman–Crippen LogP) is 4.10. The van der Waals surface area contributed by atoms with Gasteiger partial charge in [0, 0.05) is 35.8 Å². The number of piperidine rings is 1. The minimum atomic E-state index is -0.0555. The van der Waals surface area contributed by atoms with Crippen molar-refractivity contribution in [1.29, 1.82) is 0 Å². The molecule has 1 saturated heterocycles. The number of carbonyl (C=O) groups excluding carboxylic acids is 2. The predicted molar refractivity (Wildman–Crippen MR) is 122 cm³/mol. The molecule has 0 N–H and O–H groups in total. The summed E-state index contributed by atoms with van der Waals surface area (Å²) in [6.45, 7) is 1.16. The van der Waals surface area contributed by atoms with E-state index in [1.54, 1.807) is 7.11 Å². The lowest BCUT2D eigenvalue weighted by Gasteiger charge is -2.31. The number of benzene rings is 2. The minimum Gasteiger partial charge on any atom is -0.497 e. The third kappa shape index (κ3) is 3.70. The van der Waals surface area contributed by atoms with E-state index in [2.05, 4.69) is 0 Å². The number of hydrogen-bond acceptors (Lipinski definition) is 4. The van der Waals surface area contributed by atoms with Crippen molar-refractivity contribution in [3.63, 3.8) is 0 Å². The van der Waals surface area contributed by atoms with Gasteiger partial charge in [0.05, 0.1) is 12.8 Å². The Labute approximate surface area is 187 Å². The monoisotopic (exact) mass is 429 g/mol. The van der Waals surface area contributed by atoms with E-state index >= 15 is 0 Å². The van der Waals surface area contributed by atoms with Crippen LogP contribution in [0.15, 0.2) is 54.6 Å². The highest BCUT2D eigenvalue weighted by Crippen LogP contribution is 2.30. The van der Waals surface area contributed by atoms with Crippen LogP contribution in [0.3, 0.4) is 0 Å². The highest BCUT2D eigenvalue weighted by Gasteiger charge is 2.33. The summed E-state index contributed by atoms with van der Waals surface area (Å²) < 4.78 is 7.12. The number of methoxy groups -OCH3 is 1. The normalized spacial score (nSPS) is 16.1. The number of ether oxygens (including phenoxy) is 1. The van der Waals surface area contributed by atoms with Gasteiger partial charge >= 0.3 is 0 Å². The minimum absolute atomic E-state index is 0.00632. The molecule has 5 rings (SSSR count). The van der Waals surface area contributed by atoms with Gasteiger partial charge in [0.1, 0.15) is 5.75 Å². The summed E-state index contributed by atoms with van der Waals surface area (Å²) in [4.78, 5) is 28.1. The lowest BCUT2D eigenvalue weighted by atomic mass is 9.88. The molecule has 0 bridgehead atoms. The maximum absolute atomic E-state index is 13.4. The van der Waals surface area contributed by atoms with E-state index < -0.39 is 0 Å². The molecule has 0 radical (unpaired) electrons. The van der Waals surface area contributed by atoms with Crippen LogP contribution in [-0.2, 0) is 12.8 Å². The molecule has 6 nitrogen and oxygen atoms in total. The summed E-state index contributed by atoms with van der Waals surface area (Å²) in [5.41, 5.74) is 4.53. The third-order valence-corrected chi connectivity index (χ3v) is 6.66. The van der Waals surface area contributed by atoms with E-state index in [1.165, 1.54) is 0 Å². The van der Waals surface area contributed by atoms with Gasteiger partial charge in [-0.05, 0) is 68.5 Å². The van der Waals surface area contributed by atoms with Crippen molar-refractivity contribution in [2.75, 3.05) is 20.2 Å². The number of ketones is 1. The van der Waals surface area contributed by atoms with Gasteiger partial charge in [0.2, 0.25) is 0 Å². The SMILES string of the molecule is COc1ccc(C(=O)C2CCN(C(=O)c3nn(-c4ccccc4)c4c3CCC4)CC2)cc1. The molecule has 1 aliphatic heterocycles. The van der Waals surface area contributed by atoms with Gasteiger partial charge in [0.25, 0.3) is 5.91 Å². The van der Waals surface area contributed by atoms with Gasteiger partial charge in [-0.25, -0.2) is 4.68 Å². The maximum atomic E-state index is 13.4. The molecule has 2 heterocycles. The first-order valence-corrected chi connectivity index (χ1v) is 11.3. The van der Waals surface area contributed by atoms with Gasteiger partial charge in [0.15, 0.2) is 11.5 Å². The standard InChI is InChI=1S/C26H27N3O3/c1-32-21-12-10-18(11-13-21)25(30)19-14-16-28(17-15-19)26(31)24-22-8-5-9-23(22)29(27-24)20-6-3-2-4-7-20/h2-4,6-7,10-13,19H,5,8-9,14-17H2,1H3. The van der Waals surface area contributed by atoms with Crippen LogP contribution in [0.4, 0.5) is 0 Å². The molecule has 0 spiro atoms. The first-order valence-electron chi connectivity index (χ1n) is 11.3. The summed E-state index contributed by atoms with van der Waals surface area (Å²) in [6.07, 6.45) is 4.26. The highest BCUT2D eigenvalue weighted by atomic mass is 16.5. The smallest absolute Gasteiger partial charge is 0.274 e. The number of amides is 1. The van der Waals surface area contributed by atoms with Crippen LogP contribution >= 0.6 is 0 Å². The Morgan fingerprint density at radius 1 is 0.969 bits per heavy atom. The summed E-state index contributed by atoms with van der Waals surface area (Å²) in [6, 6.07) is 17.3. The third-order valence-electron chi connectivity index (χ3n) is 6.66. The Bertz CT molecular complexity index is 1130. The zero-order valence-corrected chi connectivity index (χ0v) is 18.3. The van der Waals surface area contributed by atoms with E-state index in [0.717, 1.165) is 42.0 Å². The maximum Gasteiger partial charge on any atom is 0.274 e. The second-order valence-electron chi connectivity index (χ2n) is 8.53. The first-order chi connectivity index (χ1) is 15.7. The average molecular weight is 430 g/mol. The Morgan fingerprint density at radius 3 is 2.38 bits per heavy atom. The molecule has 164 valence electrons. The first kappa shape index (κ1) is 20.5. The van der Waals surface area contributed by atoms with Gasteiger partial charge in [-0.2, -0.15) is 5.10 Å². The zero-order chi connectivity index (χ0) is 22.1. The molecule has 0 atom stereocenters. The number of hydrogen-bond donors (Lipinski definition) is 0. The number of fused-ring (bicyclic) bond motifs is 1. The Morgan fingerprint density at radius 2 is 1.69 bits per heavy atom. The fourth-order valence-electron chi connectivity index (χ4n) is 4.88. The molecular formula is C26H27N3O3. The van der Waals surface area contributed by atoms with E-state index in [0.29, 0.717) is 37.2 Å². The Kier molecular flexibility index (Phi) is 5.52. The van der Waals surface area contributed by atoms with Crippen LogP contribution in [0.1, 0.15) is 51.4 Å². The molecule has 1 amide bonds. The van der Waals surface area contributed by atoms with Crippen molar-refractivity contribution in [1.82, 2.24) is 14.7 Å². The number of nitrogens with zero attached hydrogens (tertiary/aromatic N) is 3. The Balaban J connectivity index is 1.29. The topological polar surface area (TPSA) is 64.4 Å². The van der Waals surface area contributed by atoms with Crippen molar-refractivity contribution in [2.24, 2.45) is 5.92 Å². The average Bonchev–Trinajstić information content (AvgIpc) is 3.47. The molecular weight excluding hydrogens is 402 g/mol. The van der Waals surface area contributed by atoms with Crippen LogP contribution < -0.4 is 4.74 Å². The highest BCUT2D eigenvalue weighted by molar-refractivity contribution is 5.98. The van der Waals surface area contributed by atoms with Crippen molar-refractivity contribution in [2.45, 2.75) is 32.1 Å². The summed E-state index contributed by atoms with van der Waals surface area (Å²) in [7, 11) is 1.61. The largest absolute Gasteiger partial charge is 0.497 e. The van der Waals surface area contributed by atoms with Gasteiger partial charge in [-0.3, -0.25) is 9.59 Å². The number of likely N-dealkylation sites (tertiary alicyclic amines) is 1. The summed E-state index contributed by atoms with van der Waals surface area (Å²) in [5, 5.41) is 4.74. The molecule has 3 aromatic rings. The van der Waals surface area contributed by atoms with E-state index in [1.807, 2.05) is 64.2 Å². The lowest BCUT2D eigenvalue weighted by Crippen LogP contribution is -2.40. The molecule has 1 aromatic heterocycles. The lowest BCUT2D eigenvalue weighted by molar-refractivity contribution is 0.0644. The van der Waals surface area contributed by atoms with Crippen LogP contribution in [0.2, 0.25) is 0 Å². The molecule has 0 saturated carbocycles. The fourth-order valence-corrected chi connectivity index (χ4v) is 4.88. The number of aromatic nitrogens is 2. The molecule has 1 aliphatic carbocycles. The molecule has 2 aromatic carbocycles. The van der Waals surface area contributed by atoms with Crippen molar-refractivity contribution < 1.29 is 14.3 Å². The fraction of sp³-hybridized carbons (Fsp3) is 0.346. The van der Waals surface area contributed by atoms with Crippen LogP contribution in [0.25, 0.3) is 5.69 Å². The quantitative estimate of drug-likeness (QED) is 0.573. The van der Waals surface area contributed by atoms with Gasteiger partial charge in [-0.1, -0.05) is 18.2 Å². The van der Waals surface area contributed by atoms with Crippen LogP contribution in [0.5, 0.6) is 5.75 Å². The number of carbonyl (C=O) groups is 2. The molecule has 32 heavy (non-hydrogen) atoms. The number of rotatable bonds is 5. The second kappa shape index (κ2) is 8.61. The summed E-state index contributed by atoms with van der Waals surface area (Å²) >= 11 is 0. The number of Topliss-reactive ketones (excluding diaryl/α,β-unsaturated/α-hetero) is 1. The molecule has 2 aliphatic rings. The molecule has 6 heteroatoms. The molecule has 1 fully saturated rings. The van der Waals surface area contributed by atoms with Crippen molar-refractivity contribution in [3.8, 4) is 11.4 Å². The molecule has 0 unspecified atom stereocenters. The van der Waals surface area contributed by atoms with Crippen molar-refractivity contribution >= 4 is 11.7 Å². The zero-order valence-electron chi connectivity index (χ0n) is 18.3. The van der Waals surface area contributed by atoms with Gasteiger partial charge in [-0.15, -0.1) is 0 Å². The van der Waals surface area contributed by atoms with Crippen LogP contribution in [0, 0.1) is 5.92 Å². The van der Waals surface area contributed by atoms with E-state index in [9.17, 15) is 9.59 Å².